The van der Waals surface area contributed by atoms with Gasteiger partial charge in [0, 0.05) is 6.54 Å². The zero-order valence-corrected chi connectivity index (χ0v) is 18.3. The van der Waals surface area contributed by atoms with Crippen molar-refractivity contribution in [2.45, 2.75) is 51.2 Å². The smallest absolute Gasteiger partial charge is 0.326 e. The van der Waals surface area contributed by atoms with Gasteiger partial charge < -0.3 is 42.5 Å². The molecule has 0 saturated carbocycles. The van der Waals surface area contributed by atoms with Gasteiger partial charge in [-0.3, -0.25) is 29.4 Å². The van der Waals surface area contributed by atoms with Crippen molar-refractivity contribution in [1.29, 1.82) is 5.41 Å². The van der Waals surface area contributed by atoms with Crippen LogP contribution in [0.5, 0.6) is 0 Å². The summed E-state index contributed by atoms with van der Waals surface area (Å²) in [6.07, 6.45) is 0.0341. The van der Waals surface area contributed by atoms with Crippen LogP contribution < -0.4 is 32.3 Å². The van der Waals surface area contributed by atoms with Crippen LogP contribution in [-0.2, 0) is 28.8 Å². The fourth-order valence-electron chi connectivity index (χ4n) is 2.59. The van der Waals surface area contributed by atoms with Crippen molar-refractivity contribution < 1.29 is 39.0 Å². The number of carbonyl (C=O) groups excluding carboxylic acids is 4. The first-order chi connectivity index (χ1) is 15.4. The van der Waals surface area contributed by atoms with Crippen LogP contribution in [0.25, 0.3) is 0 Å². The highest BCUT2D eigenvalue weighted by Gasteiger charge is 2.30. The Bertz CT molecular complexity index is 743. The van der Waals surface area contributed by atoms with E-state index in [-0.39, 0.29) is 18.9 Å². The Morgan fingerprint density at radius 3 is 2.12 bits per heavy atom. The number of nitrogens with one attached hydrogen (secondary N) is 6. The van der Waals surface area contributed by atoms with E-state index in [4.69, 9.17) is 21.4 Å². The van der Waals surface area contributed by atoms with Crippen molar-refractivity contribution in [2.24, 2.45) is 11.7 Å². The lowest BCUT2D eigenvalue weighted by Gasteiger charge is -2.22. The standard InChI is InChI=1S/C18H31N7O8/c1-9(2)14(17(32)33)25-16(31)11(6-13(28)29)24-12(27)7-22-15(30)10(23-8-26)4-3-5-21-18(19)20/h8-11,14H,3-7H2,1-2H3,(H,22,30)(H,23,26)(H,24,27)(H,25,31)(H,28,29)(H,32,33)(H4,19,20,21)/t10-,11-,14-/m0/s1. The fraction of sp³-hybridized carbons (Fsp3) is 0.611. The quantitative estimate of drug-likeness (QED) is 0.0466. The second-order valence-corrected chi connectivity index (χ2v) is 7.32. The van der Waals surface area contributed by atoms with Gasteiger partial charge in [0.05, 0.1) is 13.0 Å². The van der Waals surface area contributed by atoms with Crippen LogP contribution in [0.3, 0.4) is 0 Å². The van der Waals surface area contributed by atoms with Gasteiger partial charge in [-0.05, 0) is 18.8 Å². The molecule has 0 aromatic heterocycles. The maximum atomic E-state index is 12.3. The molecule has 3 atom stereocenters. The van der Waals surface area contributed by atoms with Crippen molar-refractivity contribution >= 4 is 42.0 Å². The van der Waals surface area contributed by atoms with Gasteiger partial charge in [-0.25, -0.2) is 4.79 Å². The van der Waals surface area contributed by atoms with Gasteiger partial charge in [0.1, 0.15) is 18.1 Å². The fourth-order valence-corrected chi connectivity index (χ4v) is 2.59. The molecule has 0 aromatic carbocycles. The summed E-state index contributed by atoms with van der Waals surface area (Å²) in [5.74, 6) is -6.09. The third kappa shape index (κ3) is 12.5. The Kier molecular flexibility index (Phi) is 13.2. The SMILES string of the molecule is CC(C)[C@H](NC(=O)[C@H](CC(=O)O)NC(=O)CNC(=O)[C@H](CCCNC(=N)N)NC=O)C(=O)O. The first-order valence-corrected chi connectivity index (χ1v) is 9.98. The monoisotopic (exact) mass is 473 g/mol. The maximum Gasteiger partial charge on any atom is 0.326 e. The van der Waals surface area contributed by atoms with Gasteiger partial charge >= 0.3 is 11.9 Å². The molecule has 0 radical (unpaired) electrons. The van der Waals surface area contributed by atoms with Crippen LogP contribution in [-0.4, -0.2) is 83.5 Å². The molecule has 15 nitrogen and oxygen atoms in total. The molecule has 10 N–H and O–H groups in total. The lowest BCUT2D eigenvalue weighted by Crippen LogP contribution is -2.55. The Morgan fingerprint density at radius 2 is 1.64 bits per heavy atom. The second-order valence-electron chi connectivity index (χ2n) is 7.32. The predicted molar refractivity (Wildman–Crippen MR) is 114 cm³/mol. The third-order valence-corrected chi connectivity index (χ3v) is 4.25. The minimum Gasteiger partial charge on any atom is -0.481 e. The summed E-state index contributed by atoms with van der Waals surface area (Å²) in [5.41, 5.74) is 5.14. The summed E-state index contributed by atoms with van der Waals surface area (Å²) in [5, 5.41) is 36.6. The molecule has 0 saturated heterocycles. The summed E-state index contributed by atoms with van der Waals surface area (Å²) in [7, 11) is 0. The number of aliphatic carboxylic acids is 2. The van der Waals surface area contributed by atoms with Crippen LogP contribution >= 0.6 is 0 Å². The van der Waals surface area contributed by atoms with Crippen molar-refractivity contribution in [3.63, 3.8) is 0 Å². The molecule has 186 valence electrons. The van der Waals surface area contributed by atoms with Crippen LogP contribution in [0.15, 0.2) is 0 Å². The number of amides is 4. The molecule has 0 aromatic rings. The Labute approximate surface area is 189 Å². The number of carboxylic acid groups (broad SMARTS) is 2. The van der Waals surface area contributed by atoms with Crippen LogP contribution in [0.2, 0.25) is 0 Å². The van der Waals surface area contributed by atoms with E-state index >= 15 is 0 Å². The molecular formula is C18H31N7O8. The number of nitrogens with two attached hydrogens (primary N) is 1. The minimum atomic E-state index is -1.57. The number of carboxylic acids is 2. The number of rotatable bonds is 16. The summed E-state index contributed by atoms with van der Waals surface area (Å²) >= 11 is 0. The van der Waals surface area contributed by atoms with Gasteiger partial charge in [0.25, 0.3) is 0 Å². The molecule has 0 bridgehead atoms. The third-order valence-electron chi connectivity index (χ3n) is 4.25. The van der Waals surface area contributed by atoms with Crippen molar-refractivity contribution in [3.05, 3.63) is 0 Å². The second kappa shape index (κ2) is 15.0. The largest absolute Gasteiger partial charge is 0.481 e. The molecule has 15 heteroatoms. The van der Waals surface area contributed by atoms with E-state index in [0.717, 1.165) is 0 Å². The molecule has 0 unspecified atom stereocenters. The zero-order valence-electron chi connectivity index (χ0n) is 18.3. The van der Waals surface area contributed by atoms with Gasteiger partial charge in [0.2, 0.25) is 24.1 Å². The van der Waals surface area contributed by atoms with E-state index in [9.17, 15) is 28.8 Å². The summed E-state index contributed by atoms with van der Waals surface area (Å²) in [6, 6.07) is -3.85. The number of hydrogen-bond acceptors (Lipinski definition) is 7. The van der Waals surface area contributed by atoms with E-state index in [1.165, 1.54) is 0 Å². The topological polar surface area (TPSA) is 253 Å². The average Bonchev–Trinajstić information content (AvgIpc) is 2.70. The van der Waals surface area contributed by atoms with Gasteiger partial charge in [0.15, 0.2) is 5.96 Å². The highest BCUT2D eigenvalue weighted by atomic mass is 16.4. The summed E-state index contributed by atoms with van der Waals surface area (Å²) in [4.78, 5) is 69.8. The Balaban J connectivity index is 4.92. The lowest BCUT2D eigenvalue weighted by molar-refractivity contribution is -0.144. The lowest BCUT2D eigenvalue weighted by atomic mass is 10.0. The molecule has 0 aliphatic heterocycles. The zero-order chi connectivity index (χ0) is 25.6. The molecule has 33 heavy (non-hydrogen) atoms. The molecular weight excluding hydrogens is 442 g/mol. The maximum absolute atomic E-state index is 12.3. The number of hydrogen-bond donors (Lipinski definition) is 9. The normalized spacial score (nSPS) is 13.1. The highest BCUT2D eigenvalue weighted by molar-refractivity contribution is 5.94. The molecule has 0 aliphatic rings. The summed E-state index contributed by atoms with van der Waals surface area (Å²) < 4.78 is 0. The van der Waals surface area contributed by atoms with E-state index < -0.39 is 66.7 Å². The van der Waals surface area contributed by atoms with Crippen LogP contribution in [0, 0.1) is 11.3 Å². The van der Waals surface area contributed by atoms with E-state index in [0.29, 0.717) is 12.8 Å². The predicted octanol–water partition coefficient (Wildman–Crippen LogP) is -3.33. The van der Waals surface area contributed by atoms with E-state index in [1.54, 1.807) is 13.8 Å². The van der Waals surface area contributed by atoms with Crippen molar-refractivity contribution in [1.82, 2.24) is 26.6 Å². The van der Waals surface area contributed by atoms with E-state index in [1.807, 2.05) is 0 Å². The first-order valence-electron chi connectivity index (χ1n) is 9.98. The van der Waals surface area contributed by atoms with Crippen LogP contribution in [0.4, 0.5) is 0 Å². The van der Waals surface area contributed by atoms with Crippen molar-refractivity contribution in [3.8, 4) is 0 Å². The Morgan fingerprint density at radius 1 is 1.00 bits per heavy atom. The minimum absolute atomic E-state index is 0.169. The van der Waals surface area contributed by atoms with Gasteiger partial charge in [-0.1, -0.05) is 13.8 Å². The molecule has 0 rings (SSSR count). The summed E-state index contributed by atoms with van der Waals surface area (Å²) in [6.45, 7) is 2.73. The van der Waals surface area contributed by atoms with Crippen molar-refractivity contribution in [2.75, 3.05) is 13.1 Å². The highest BCUT2D eigenvalue weighted by Crippen LogP contribution is 2.04. The van der Waals surface area contributed by atoms with Gasteiger partial charge in [-0.2, -0.15) is 0 Å². The van der Waals surface area contributed by atoms with Crippen LogP contribution in [0.1, 0.15) is 33.1 Å². The molecule has 4 amide bonds. The number of carbonyl (C=O) groups is 6. The average molecular weight is 473 g/mol. The molecule has 0 aliphatic carbocycles. The molecule has 0 heterocycles. The number of guanidine groups is 1. The Hall–Kier alpha value is -3.91. The first kappa shape index (κ1) is 29.1. The van der Waals surface area contributed by atoms with Gasteiger partial charge in [-0.15, -0.1) is 0 Å². The molecule has 0 spiro atoms. The van der Waals surface area contributed by atoms with E-state index in [2.05, 4.69) is 26.6 Å². The molecule has 0 fully saturated rings.